The molecule has 3 heterocycles. The zero-order chi connectivity index (χ0) is 27.5. The predicted molar refractivity (Wildman–Crippen MR) is 155 cm³/mol. The van der Waals surface area contributed by atoms with Gasteiger partial charge < -0.3 is 30.9 Å². The number of rotatable bonds is 8. The highest BCUT2D eigenvalue weighted by atomic mass is 32.1. The molecule has 0 bridgehead atoms. The van der Waals surface area contributed by atoms with Gasteiger partial charge in [0.05, 0.1) is 4.92 Å². The highest BCUT2D eigenvalue weighted by Gasteiger charge is 2.28. The van der Waals surface area contributed by atoms with E-state index in [4.69, 9.17) is 5.73 Å². The Morgan fingerprint density at radius 3 is 2.59 bits per heavy atom. The summed E-state index contributed by atoms with van der Waals surface area (Å²) >= 11 is 1.12. The summed E-state index contributed by atoms with van der Waals surface area (Å²) in [6.45, 7) is 5.28. The summed E-state index contributed by atoms with van der Waals surface area (Å²) in [5, 5.41) is 25.1. The summed E-state index contributed by atoms with van der Waals surface area (Å²) in [5.74, 6) is -0.259. The molecule has 4 N–H and O–H groups in total. The van der Waals surface area contributed by atoms with Crippen LogP contribution in [0.5, 0.6) is 0 Å². The fraction of sp³-hybridized carbons (Fsp3) is 0.407. The molecule has 2 aliphatic rings. The molecule has 39 heavy (non-hydrogen) atoms. The number of nitro benzene ring substituents is 1. The molecule has 0 radical (unpaired) electrons. The number of aliphatic hydroxyl groups excluding tert-OH is 1. The number of piperazine rings is 1. The van der Waals surface area contributed by atoms with Crippen molar-refractivity contribution >= 4 is 50.8 Å². The van der Waals surface area contributed by atoms with Gasteiger partial charge in [-0.05, 0) is 62.2 Å². The number of anilines is 5. The van der Waals surface area contributed by atoms with Crippen LogP contribution in [0.3, 0.4) is 0 Å². The molecular formula is C27H33N7O4S. The minimum Gasteiger partial charge on any atom is -0.396 e. The molecule has 2 aromatic carbocycles. The number of nitrogens with two attached hydrogens (primary N) is 1. The van der Waals surface area contributed by atoms with Gasteiger partial charge in [0.1, 0.15) is 16.4 Å². The second-order valence-electron chi connectivity index (χ2n) is 10.1. The number of aromatic nitrogens is 1. The first-order valence-electron chi connectivity index (χ1n) is 13.1. The number of thiazole rings is 1. The average molecular weight is 552 g/mol. The number of hydrogen-bond donors (Lipinski definition) is 3. The molecule has 2 saturated heterocycles. The van der Waals surface area contributed by atoms with Gasteiger partial charge in [0, 0.05) is 68.9 Å². The molecule has 1 unspecified atom stereocenters. The van der Waals surface area contributed by atoms with Gasteiger partial charge in [0.25, 0.3) is 5.69 Å². The first-order valence-corrected chi connectivity index (χ1v) is 13.9. The highest BCUT2D eigenvalue weighted by Crippen LogP contribution is 2.35. The number of hydrogen-bond acceptors (Lipinski definition) is 11. The number of nitrogen functional groups attached to an aromatic ring is 1. The van der Waals surface area contributed by atoms with Crippen LogP contribution in [0.1, 0.15) is 28.1 Å². The van der Waals surface area contributed by atoms with E-state index < -0.39 is 10.7 Å². The third-order valence-electron chi connectivity index (χ3n) is 7.40. The molecule has 0 spiro atoms. The van der Waals surface area contributed by atoms with E-state index in [1.54, 1.807) is 12.1 Å². The molecule has 0 aliphatic carbocycles. The average Bonchev–Trinajstić information content (AvgIpc) is 3.32. The van der Waals surface area contributed by atoms with Gasteiger partial charge in [0.15, 0.2) is 5.13 Å². The second-order valence-corrected chi connectivity index (χ2v) is 11.1. The fourth-order valence-corrected chi connectivity index (χ4v) is 6.00. The Labute approximate surface area is 231 Å². The molecule has 1 aromatic heterocycles. The van der Waals surface area contributed by atoms with Gasteiger partial charge in [-0.1, -0.05) is 11.3 Å². The lowest BCUT2D eigenvalue weighted by molar-refractivity contribution is -0.384. The molecular weight excluding hydrogens is 518 g/mol. The third-order valence-corrected chi connectivity index (χ3v) is 8.38. The van der Waals surface area contributed by atoms with Gasteiger partial charge in [-0.25, -0.2) is 4.98 Å². The molecule has 1 atom stereocenters. The molecule has 206 valence electrons. The fourth-order valence-electron chi connectivity index (χ4n) is 5.13. The van der Waals surface area contributed by atoms with E-state index >= 15 is 0 Å². The monoisotopic (exact) mass is 551 g/mol. The van der Waals surface area contributed by atoms with E-state index in [9.17, 15) is 20.0 Å². The Balaban J connectivity index is 1.31. The van der Waals surface area contributed by atoms with Gasteiger partial charge in [0.2, 0.25) is 5.78 Å². The first kappa shape index (κ1) is 26.9. The van der Waals surface area contributed by atoms with Crippen molar-refractivity contribution in [1.82, 2.24) is 9.88 Å². The Hall–Kier alpha value is -3.74. The number of piperidine rings is 1. The number of aliphatic hydroxyl groups is 1. The lowest BCUT2D eigenvalue weighted by Crippen LogP contribution is -2.44. The number of nitro groups is 1. The largest absolute Gasteiger partial charge is 0.396 e. The minimum atomic E-state index is -0.469. The van der Waals surface area contributed by atoms with Crippen LogP contribution in [0.2, 0.25) is 0 Å². The quantitative estimate of drug-likeness (QED) is 0.216. The normalized spacial score (nSPS) is 18.3. The van der Waals surface area contributed by atoms with E-state index in [0.717, 1.165) is 61.7 Å². The Bertz CT molecular complexity index is 1340. The number of nitrogens with zero attached hydrogens (tertiary/aromatic N) is 5. The van der Waals surface area contributed by atoms with Crippen molar-refractivity contribution in [3.05, 3.63) is 63.0 Å². The van der Waals surface area contributed by atoms with Crippen LogP contribution in [-0.4, -0.2) is 78.6 Å². The number of benzene rings is 2. The van der Waals surface area contributed by atoms with Crippen molar-refractivity contribution in [2.45, 2.75) is 12.8 Å². The maximum atomic E-state index is 13.3. The van der Waals surface area contributed by atoms with E-state index in [-0.39, 0.29) is 34.5 Å². The lowest BCUT2D eigenvalue weighted by atomic mass is 9.98. The van der Waals surface area contributed by atoms with Crippen LogP contribution in [0.15, 0.2) is 42.5 Å². The van der Waals surface area contributed by atoms with Gasteiger partial charge in [-0.3, -0.25) is 14.9 Å². The van der Waals surface area contributed by atoms with Crippen LogP contribution in [0.4, 0.5) is 33.7 Å². The molecule has 12 heteroatoms. The Morgan fingerprint density at radius 2 is 1.90 bits per heavy atom. The highest BCUT2D eigenvalue weighted by molar-refractivity contribution is 7.18. The minimum absolute atomic E-state index is 0.0439. The first-order chi connectivity index (χ1) is 18.8. The van der Waals surface area contributed by atoms with Gasteiger partial charge in [-0.15, -0.1) is 0 Å². The van der Waals surface area contributed by atoms with Crippen molar-refractivity contribution < 1.29 is 14.8 Å². The van der Waals surface area contributed by atoms with Crippen molar-refractivity contribution in [1.29, 1.82) is 0 Å². The molecule has 0 saturated carbocycles. The smallest absolute Gasteiger partial charge is 0.293 e. The zero-order valence-electron chi connectivity index (χ0n) is 21.9. The molecule has 2 aliphatic heterocycles. The second kappa shape index (κ2) is 11.6. The van der Waals surface area contributed by atoms with Crippen molar-refractivity contribution in [3.63, 3.8) is 0 Å². The summed E-state index contributed by atoms with van der Waals surface area (Å²) in [6.07, 6.45) is 1.73. The molecule has 3 aromatic rings. The summed E-state index contributed by atoms with van der Waals surface area (Å²) in [7, 11) is 2.13. The number of carbonyl (C=O) groups is 1. The number of carbonyl (C=O) groups excluding carboxylic acids is 1. The molecule has 2 fully saturated rings. The maximum absolute atomic E-state index is 13.3. The zero-order valence-corrected chi connectivity index (χ0v) is 22.7. The molecule has 11 nitrogen and oxygen atoms in total. The van der Waals surface area contributed by atoms with Crippen LogP contribution in [0, 0.1) is 16.0 Å². The van der Waals surface area contributed by atoms with Crippen LogP contribution in [-0.2, 0) is 0 Å². The van der Waals surface area contributed by atoms with Crippen molar-refractivity contribution in [2.24, 2.45) is 5.92 Å². The topological polar surface area (TPSA) is 141 Å². The Morgan fingerprint density at radius 1 is 1.15 bits per heavy atom. The standard InChI is InChI=1S/C27H33N7O4S/c1-31-11-13-32(14-12-31)21-7-5-20(6-8-21)29-27-30-26(28)25(39-27)24(36)19-4-9-22(23(15-19)34(37)38)33-10-2-3-18(16-33)17-35/h4-9,15,18,35H,2-3,10-14,16-17,28H2,1H3,(H,29,30). The van der Waals surface area contributed by atoms with Crippen molar-refractivity contribution in [2.75, 3.05) is 73.8 Å². The Kier molecular flexibility index (Phi) is 7.96. The van der Waals surface area contributed by atoms with E-state index in [2.05, 4.69) is 39.3 Å². The lowest BCUT2D eigenvalue weighted by Gasteiger charge is -2.34. The van der Waals surface area contributed by atoms with Crippen LogP contribution in [0.25, 0.3) is 0 Å². The van der Waals surface area contributed by atoms with E-state index in [0.29, 0.717) is 23.9 Å². The predicted octanol–water partition coefficient (Wildman–Crippen LogP) is 3.57. The van der Waals surface area contributed by atoms with Crippen molar-refractivity contribution in [3.8, 4) is 0 Å². The summed E-state index contributed by atoms with van der Waals surface area (Å²) in [4.78, 5) is 35.9. The summed E-state index contributed by atoms with van der Waals surface area (Å²) in [5.41, 5.74) is 8.58. The van der Waals surface area contributed by atoms with E-state index in [1.807, 2.05) is 17.0 Å². The van der Waals surface area contributed by atoms with Gasteiger partial charge in [-0.2, -0.15) is 0 Å². The van der Waals surface area contributed by atoms with Crippen LogP contribution >= 0.6 is 11.3 Å². The van der Waals surface area contributed by atoms with Crippen LogP contribution < -0.4 is 20.9 Å². The summed E-state index contributed by atoms with van der Waals surface area (Å²) < 4.78 is 0. The van der Waals surface area contributed by atoms with Gasteiger partial charge >= 0.3 is 0 Å². The molecule has 0 amide bonds. The number of ketones is 1. The van der Waals surface area contributed by atoms with E-state index in [1.165, 1.54) is 6.07 Å². The maximum Gasteiger partial charge on any atom is 0.293 e. The number of likely N-dealkylation sites (N-methyl/N-ethyl adjacent to an activating group) is 1. The number of nitrogens with one attached hydrogen (secondary N) is 1. The SMILES string of the molecule is CN1CCN(c2ccc(Nc3nc(N)c(C(=O)c4ccc(N5CCCC(CO)C5)c([N+](=O)[O-])c4)s3)cc2)CC1. The third kappa shape index (κ3) is 5.97. The molecule has 5 rings (SSSR count). The summed E-state index contributed by atoms with van der Waals surface area (Å²) in [6, 6.07) is 12.6.